The number of hydrogen-bond acceptors (Lipinski definition) is 2. The van der Waals surface area contributed by atoms with Crippen molar-refractivity contribution in [1.29, 1.82) is 0 Å². The van der Waals surface area contributed by atoms with Gasteiger partial charge < -0.3 is 4.42 Å². The molecule has 0 spiro atoms. The quantitative estimate of drug-likeness (QED) is 0.568. The highest BCUT2D eigenvalue weighted by Gasteiger charge is 2.04. The standard InChI is InChI=1S/C18H15NO/c1-12-7-8-15(11-13(12)2)9-10-16-5-4-6-17-18(16)19-14(3)20-17/h4-8,11H,1-3H3. The number of fused-ring (bicyclic) bond motifs is 1. The van der Waals surface area contributed by atoms with Gasteiger partial charge in [-0.1, -0.05) is 24.0 Å². The van der Waals surface area contributed by atoms with Crippen molar-refractivity contribution >= 4 is 11.1 Å². The molecule has 0 aliphatic carbocycles. The minimum Gasteiger partial charge on any atom is -0.441 e. The second-order valence-corrected chi connectivity index (χ2v) is 4.93. The number of benzene rings is 2. The van der Waals surface area contributed by atoms with E-state index in [2.05, 4.69) is 42.8 Å². The summed E-state index contributed by atoms with van der Waals surface area (Å²) >= 11 is 0. The molecule has 0 unspecified atom stereocenters. The van der Waals surface area contributed by atoms with Gasteiger partial charge in [-0.15, -0.1) is 0 Å². The molecule has 1 heterocycles. The van der Waals surface area contributed by atoms with E-state index in [1.165, 1.54) is 11.1 Å². The number of aryl methyl sites for hydroxylation is 3. The summed E-state index contributed by atoms with van der Waals surface area (Å²) in [5.41, 5.74) is 6.08. The van der Waals surface area contributed by atoms with Crippen molar-refractivity contribution in [2.75, 3.05) is 0 Å². The lowest BCUT2D eigenvalue weighted by atomic mass is 10.1. The van der Waals surface area contributed by atoms with Crippen LogP contribution in [0.2, 0.25) is 0 Å². The van der Waals surface area contributed by atoms with E-state index < -0.39 is 0 Å². The van der Waals surface area contributed by atoms with E-state index >= 15 is 0 Å². The molecule has 0 N–H and O–H groups in total. The Balaban J connectivity index is 2.05. The van der Waals surface area contributed by atoms with Crippen LogP contribution in [-0.4, -0.2) is 4.98 Å². The number of aromatic nitrogens is 1. The fourth-order valence-corrected chi connectivity index (χ4v) is 2.12. The lowest BCUT2D eigenvalue weighted by Crippen LogP contribution is -1.83. The molecular formula is C18H15NO. The Morgan fingerprint density at radius 2 is 1.80 bits per heavy atom. The second-order valence-electron chi connectivity index (χ2n) is 4.93. The van der Waals surface area contributed by atoms with Crippen LogP contribution in [0.4, 0.5) is 0 Å². The van der Waals surface area contributed by atoms with E-state index in [1.54, 1.807) is 0 Å². The van der Waals surface area contributed by atoms with Gasteiger partial charge in [0.15, 0.2) is 11.5 Å². The summed E-state index contributed by atoms with van der Waals surface area (Å²) in [5, 5.41) is 0. The molecule has 0 saturated heterocycles. The molecule has 2 nitrogen and oxygen atoms in total. The van der Waals surface area contributed by atoms with Crippen LogP contribution in [0.5, 0.6) is 0 Å². The molecule has 0 atom stereocenters. The van der Waals surface area contributed by atoms with Gasteiger partial charge in [0.1, 0.15) is 5.52 Å². The monoisotopic (exact) mass is 261 g/mol. The van der Waals surface area contributed by atoms with Crippen molar-refractivity contribution in [3.8, 4) is 11.8 Å². The van der Waals surface area contributed by atoms with Crippen molar-refractivity contribution in [3.05, 3.63) is 64.5 Å². The lowest BCUT2D eigenvalue weighted by molar-refractivity contribution is 0.561. The fraction of sp³-hybridized carbons (Fsp3) is 0.167. The van der Waals surface area contributed by atoms with Crippen LogP contribution in [0.3, 0.4) is 0 Å². The number of rotatable bonds is 0. The van der Waals surface area contributed by atoms with Crippen LogP contribution >= 0.6 is 0 Å². The number of oxazole rings is 1. The van der Waals surface area contributed by atoms with Crippen LogP contribution in [0, 0.1) is 32.6 Å². The first-order chi connectivity index (χ1) is 9.63. The predicted molar refractivity (Wildman–Crippen MR) is 80.6 cm³/mol. The molecule has 3 aromatic rings. The van der Waals surface area contributed by atoms with Gasteiger partial charge in [0, 0.05) is 12.5 Å². The third-order valence-corrected chi connectivity index (χ3v) is 3.37. The van der Waals surface area contributed by atoms with Crippen molar-refractivity contribution in [2.24, 2.45) is 0 Å². The summed E-state index contributed by atoms with van der Waals surface area (Å²) in [6, 6.07) is 12.1. The Morgan fingerprint density at radius 1 is 0.950 bits per heavy atom. The average molecular weight is 261 g/mol. The molecule has 1 aromatic heterocycles. The topological polar surface area (TPSA) is 26.0 Å². The Kier molecular flexibility index (Phi) is 3.04. The highest BCUT2D eigenvalue weighted by atomic mass is 16.3. The summed E-state index contributed by atoms with van der Waals surface area (Å²) in [4.78, 5) is 4.39. The molecule has 0 fully saturated rings. The second kappa shape index (κ2) is 4.86. The zero-order chi connectivity index (χ0) is 14.1. The van der Waals surface area contributed by atoms with Gasteiger partial charge in [0.2, 0.25) is 0 Å². The third-order valence-electron chi connectivity index (χ3n) is 3.37. The number of nitrogens with zero attached hydrogens (tertiary/aromatic N) is 1. The van der Waals surface area contributed by atoms with Crippen molar-refractivity contribution in [2.45, 2.75) is 20.8 Å². The number of para-hydroxylation sites is 1. The van der Waals surface area contributed by atoms with E-state index in [0.29, 0.717) is 5.89 Å². The largest absolute Gasteiger partial charge is 0.441 e. The maximum Gasteiger partial charge on any atom is 0.192 e. The van der Waals surface area contributed by atoms with Crippen LogP contribution < -0.4 is 0 Å². The molecule has 0 saturated carbocycles. The highest BCUT2D eigenvalue weighted by molar-refractivity contribution is 5.80. The van der Waals surface area contributed by atoms with Gasteiger partial charge in [-0.05, 0) is 49.2 Å². The van der Waals surface area contributed by atoms with E-state index in [9.17, 15) is 0 Å². The Hall–Kier alpha value is -2.53. The van der Waals surface area contributed by atoms with E-state index in [0.717, 1.165) is 22.2 Å². The molecule has 2 heteroatoms. The first-order valence-electron chi connectivity index (χ1n) is 6.59. The molecule has 3 rings (SSSR count). The minimum absolute atomic E-state index is 0.667. The van der Waals surface area contributed by atoms with E-state index in [-0.39, 0.29) is 0 Å². The summed E-state index contributed by atoms with van der Waals surface area (Å²) in [5.74, 6) is 7.06. The van der Waals surface area contributed by atoms with Gasteiger partial charge in [-0.2, -0.15) is 0 Å². The molecule has 20 heavy (non-hydrogen) atoms. The van der Waals surface area contributed by atoms with Gasteiger partial charge in [-0.3, -0.25) is 0 Å². The smallest absolute Gasteiger partial charge is 0.192 e. The summed E-state index contributed by atoms with van der Waals surface area (Å²) in [7, 11) is 0. The Morgan fingerprint density at radius 3 is 2.60 bits per heavy atom. The van der Waals surface area contributed by atoms with Crippen molar-refractivity contribution in [3.63, 3.8) is 0 Å². The van der Waals surface area contributed by atoms with Gasteiger partial charge in [-0.25, -0.2) is 4.98 Å². The summed E-state index contributed by atoms with van der Waals surface area (Å²) in [6.07, 6.45) is 0. The Bertz CT molecular complexity index is 847. The Labute approximate surface area is 118 Å². The fourth-order valence-electron chi connectivity index (χ4n) is 2.12. The zero-order valence-electron chi connectivity index (χ0n) is 11.8. The van der Waals surface area contributed by atoms with E-state index in [1.807, 2.05) is 31.2 Å². The average Bonchev–Trinajstić information content (AvgIpc) is 2.81. The first-order valence-corrected chi connectivity index (χ1v) is 6.59. The van der Waals surface area contributed by atoms with Gasteiger partial charge in [0.25, 0.3) is 0 Å². The van der Waals surface area contributed by atoms with Crippen molar-refractivity contribution in [1.82, 2.24) is 4.98 Å². The SMILES string of the molecule is Cc1nc2c(C#Cc3ccc(C)c(C)c3)cccc2o1. The number of hydrogen-bond donors (Lipinski definition) is 0. The maximum absolute atomic E-state index is 5.52. The van der Waals surface area contributed by atoms with Crippen LogP contribution in [0.15, 0.2) is 40.8 Å². The van der Waals surface area contributed by atoms with Crippen LogP contribution in [-0.2, 0) is 0 Å². The zero-order valence-corrected chi connectivity index (χ0v) is 11.8. The molecule has 0 amide bonds. The van der Waals surface area contributed by atoms with Crippen LogP contribution in [0.1, 0.15) is 28.1 Å². The normalized spacial score (nSPS) is 10.3. The molecule has 0 aliphatic rings. The third kappa shape index (κ3) is 2.31. The highest BCUT2D eigenvalue weighted by Crippen LogP contribution is 2.18. The predicted octanol–water partition coefficient (Wildman–Crippen LogP) is 4.15. The van der Waals surface area contributed by atoms with E-state index in [4.69, 9.17) is 4.42 Å². The van der Waals surface area contributed by atoms with Gasteiger partial charge >= 0.3 is 0 Å². The first kappa shape index (κ1) is 12.5. The molecule has 0 bridgehead atoms. The molecule has 0 aliphatic heterocycles. The molecular weight excluding hydrogens is 246 g/mol. The molecule has 98 valence electrons. The van der Waals surface area contributed by atoms with Crippen LogP contribution in [0.25, 0.3) is 11.1 Å². The molecule has 2 aromatic carbocycles. The summed E-state index contributed by atoms with van der Waals surface area (Å²) in [6.45, 7) is 6.05. The molecule has 0 radical (unpaired) electrons. The minimum atomic E-state index is 0.667. The summed E-state index contributed by atoms with van der Waals surface area (Å²) < 4.78 is 5.52. The van der Waals surface area contributed by atoms with Gasteiger partial charge in [0.05, 0.1) is 5.56 Å². The lowest BCUT2D eigenvalue weighted by Gasteiger charge is -1.98. The maximum atomic E-state index is 5.52. The van der Waals surface area contributed by atoms with Crippen molar-refractivity contribution < 1.29 is 4.42 Å².